The number of para-hydroxylation sites is 1. The number of nitrogens with one attached hydrogen (secondary N) is 2. The van der Waals surface area contributed by atoms with Crippen LogP contribution < -0.4 is 5.32 Å². The first-order valence-corrected chi connectivity index (χ1v) is 7.35. The highest BCUT2D eigenvalue weighted by atomic mass is 32.1. The number of nitrogens with zero attached hydrogens (tertiary/aromatic N) is 1. The Kier molecular flexibility index (Phi) is 2.72. The number of fused-ring (bicyclic) bond motifs is 2. The van der Waals surface area contributed by atoms with E-state index in [1.54, 1.807) is 0 Å². The van der Waals surface area contributed by atoms with Crippen LogP contribution in [0.1, 0.15) is 10.4 Å². The summed E-state index contributed by atoms with van der Waals surface area (Å²) in [6.07, 6.45) is 1.86. The van der Waals surface area contributed by atoms with Gasteiger partial charge in [-0.2, -0.15) is 0 Å². The van der Waals surface area contributed by atoms with E-state index in [0.29, 0.717) is 10.7 Å². The predicted octanol–water partition coefficient (Wildman–Crippen LogP) is 4.03. The molecular weight excluding hydrogens is 282 g/mol. The van der Waals surface area contributed by atoms with Crippen molar-refractivity contribution in [1.29, 1.82) is 0 Å². The van der Waals surface area contributed by atoms with Crippen molar-refractivity contribution in [2.75, 3.05) is 5.32 Å². The second-order valence-corrected chi connectivity index (χ2v) is 5.75. The SMILES string of the molecule is O=C(Nc1nc2ccccc2s1)c1ccc2[nH]ccc2c1. The van der Waals surface area contributed by atoms with E-state index >= 15 is 0 Å². The Bertz CT molecular complexity index is 921. The van der Waals surface area contributed by atoms with Crippen LogP contribution in [-0.2, 0) is 0 Å². The van der Waals surface area contributed by atoms with Gasteiger partial charge in [-0.1, -0.05) is 23.5 Å². The molecule has 0 saturated carbocycles. The normalized spacial score (nSPS) is 11.0. The first-order chi connectivity index (χ1) is 10.3. The van der Waals surface area contributed by atoms with Crippen molar-refractivity contribution in [3.05, 3.63) is 60.3 Å². The molecule has 2 aromatic carbocycles. The molecule has 0 aliphatic heterocycles. The van der Waals surface area contributed by atoms with Gasteiger partial charge in [0.2, 0.25) is 0 Å². The van der Waals surface area contributed by atoms with Gasteiger partial charge in [0.25, 0.3) is 5.91 Å². The first-order valence-electron chi connectivity index (χ1n) is 6.54. The van der Waals surface area contributed by atoms with Gasteiger partial charge in [0.05, 0.1) is 10.2 Å². The van der Waals surface area contributed by atoms with Crippen LogP contribution in [0.2, 0.25) is 0 Å². The number of benzene rings is 2. The van der Waals surface area contributed by atoms with Crippen LogP contribution in [0.5, 0.6) is 0 Å². The Balaban J connectivity index is 1.64. The van der Waals surface area contributed by atoms with Gasteiger partial charge in [-0.25, -0.2) is 4.98 Å². The minimum atomic E-state index is -0.142. The summed E-state index contributed by atoms with van der Waals surface area (Å²) in [7, 11) is 0. The predicted molar refractivity (Wildman–Crippen MR) is 85.9 cm³/mol. The molecule has 1 amide bonds. The first kappa shape index (κ1) is 12.1. The molecule has 4 nitrogen and oxygen atoms in total. The topological polar surface area (TPSA) is 57.8 Å². The van der Waals surface area contributed by atoms with E-state index in [4.69, 9.17) is 0 Å². The van der Waals surface area contributed by atoms with Crippen LogP contribution in [0, 0.1) is 0 Å². The standard InChI is InChI=1S/C16H11N3OS/c20-15(11-5-6-12-10(9-11)7-8-17-12)19-16-18-13-3-1-2-4-14(13)21-16/h1-9,17H,(H,18,19,20). The zero-order valence-electron chi connectivity index (χ0n) is 11.0. The lowest BCUT2D eigenvalue weighted by molar-refractivity contribution is 0.102. The Morgan fingerprint density at radius 1 is 1.14 bits per heavy atom. The maximum absolute atomic E-state index is 12.3. The van der Waals surface area contributed by atoms with Gasteiger partial charge in [0, 0.05) is 22.7 Å². The molecule has 0 spiro atoms. The Morgan fingerprint density at radius 3 is 2.95 bits per heavy atom. The molecule has 0 radical (unpaired) electrons. The van der Waals surface area contributed by atoms with E-state index < -0.39 is 0 Å². The van der Waals surface area contributed by atoms with Crippen molar-refractivity contribution in [2.45, 2.75) is 0 Å². The molecule has 4 rings (SSSR count). The van der Waals surface area contributed by atoms with Gasteiger partial charge in [-0.05, 0) is 36.4 Å². The fraction of sp³-hybridized carbons (Fsp3) is 0. The van der Waals surface area contributed by atoms with E-state index in [-0.39, 0.29) is 5.91 Å². The maximum atomic E-state index is 12.3. The number of anilines is 1. The minimum absolute atomic E-state index is 0.142. The monoisotopic (exact) mass is 293 g/mol. The van der Waals surface area contributed by atoms with Gasteiger partial charge in [-0.15, -0.1) is 0 Å². The zero-order chi connectivity index (χ0) is 14.2. The van der Waals surface area contributed by atoms with Crippen molar-refractivity contribution in [3.8, 4) is 0 Å². The molecule has 0 aliphatic rings. The van der Waals surface area contributed by atoms with E-state index in [1.165, 1.54) is 11.3 Å². The van der Waals surface area contributed by atoms with Crippen LogP contribution in [0.15, 0.2) is 54.7 Å². The number of aromatic amines is 1. The molecule has 0 aliphatic carbocycles. The summed E-state index contributed by atoms with van der Waals surface area (Å²) in [6.45, 7) is 0. The Labute approximate surface area is 124 Å². The number of hydrogen-bond acceptors (Lipinski definition) is 3. The summed E-state index contributed by atoms with van der Waals surface area (Å²) < 4.78 is 1.06. The Morgan fingerprint density at radius 2 is 2.05 bits per heavy atom. The second-order valence-electron chi connectivity index (χ2n) is 4.72. The molecule has 102 valence electrons. The number of H-pyrrole nitrogens is 1. The summed E-state index contributed by atoms with van der Waals surface area (Å²) in [5.41, 5.74) is 2.55. The lowest BCUT2D eigenvalue weighted by Gasteiger charge is -2.01. The minimum Gasteiger partial charge on any atom is -0.361 e. The van der Waals surface area contributed by atoms with Crippen molar-refractivity contribution >= 4 is 43.5 Å². The van der Waals surface area contributed by atoms with Crippen LogP contribution >= 0.6 is 11.3 Å². The molecular formula is C16H11N3OS. The van der Waals surface area contributed by atoms with Crippen molar-refractivity contribution in [1.82, 2.24) is 9.97 Å². The summed E-state index contributed by atoms with van der Waals surface area (Å²) in [5, 5.41) is 4.50. The Hall–Kier alpha value is -2.66. The summed E-state index contributed by atoms with van der Waals surface area (Å²) in [6, 6.07) is 15.4. The van der Waals surface area contributed by atoms with E-state index in [0.717, 1.165) is 21.1 Å². The van der Waals surface area contributed by atoms with Crippen molar-refractivity contribution in [2.24, 2.45) is 0 Å². The van der Waals surface area contributed by atoms with Crippen LogP contribution in [0.25, 0.3) is 21.1 Å². The van der Waals surface area contributed by atoms with Gasteiger partial charge in [-0.3, -0.25) is 10.1 Å². The quantitative estimate of drug-likeness (QED) is 0.586. The van der Waals surface area contributed by atoms with E-state index in [9.17, 15) is 4.79 Å². The van der Waals surface area contributed by atoms with Crippen LogP contribution in [0.4, 0.5) is 5.13 Å². The third kappa shape index (κ3) is 2.17. The average Bonchev–Trinajstić information content (AvgIpc) is 3.11. The number of hydrogen-bond donors (Lipinski definition) is 2. The third-order valence-electron chi connectivity index (χ3n) is 3.33. The van der Waals surface area contributed by atoms with Gasteiger partial charge < -0.3 is 4.98 Å². The van der Waals surface area contributed by atoms with Crippen LogP contribution in [-0.4, -0.2) is 15.9 Å². The van der Waals surface area contributed by atoms with E-state index in [2.05, 4.69) is 15.3 Å². The van der Waals surface area contributed by atoms with E-state index in [1.807, 2.05) is 54.7 Å². The highest BCUT2D eigenvalue weighted by molar-refractivity contribution is 7.22. The maximum Gasteiger partial charge on any atom is 0.257 e. The smallest absolute Gasteiger partial charge is 0.257 e. The molecule has 2 N–H and O–H groups in total. The number of carbonyl (C=O) groups is 1. The highest BCUT2D eigenvalue weighted by Gasteiger charge is 2.10. The van der Waals surface area contributed by atoms with Crippen LogP contribution in [0.3, 0.4) is 0 Å². The molecule has 0 atom stereocenters. The number of aromatic nitrogens is 2. The lowest BCUT2D eigenvalue weighted by atomic mass is 10.1. The molecule has 0 bridgehead atoms. The highest BCUT2D eigenvalue weighted by Crippen LogP contribution is 2.26. The van der Waals surface area contributed by atoms with Crippen molar-refractivity contribution < 1.29 is 4.79 Å². The summed E-state index contributed by atoms with van der Waals surface area (Å²) in [5.74, 6) is -0.142. The van der Waals surface area contributed by atoms with Gasteiger partial charge >= 0.3 is 0 Å². The summed E-state index contributed by atoms with van der Waals surface area (Å²) in [4.78, 5) is 19.8. The van der Waals surface area contributed by atoms with Gasteiger partial charge in [0.15, 0.2) is 5.13 Å². The molecule has 5 heteroatoms. The summed E-state index contributed by atoms with van der Waals surface area (Å²) >= 11 is 1.48. The molecule has 0 saturated heterocycles. The number of carbonyl (C=O) groups excluding carboxylic acids is 1. The molecule has 2 heterocycles. The molecule has 2 aromatic heterocycles. The molecule has 21 heavy (non-hydrogen) atoms. The second kappa shape index (κ2) is 4.71. The number of amides is 1. The van der Waals surface area contributed by atoms with Gasteiger partial charge in [0.1, 0.15) is 0 Å². The number of thiazole rings is 1. The fourth-order valence-corrected chi connectivity index (χ4v) is 3.15. The zero-order valence-corrected chi connectivity index (χ0v) is 11.8. The number of rotatable bonds is 2. The largest absolute Gasteiger partial charge is 0.361 e. The lowest BCUT2D eigenvalue weighted by Crippen LogP contribution is -2.11. The molecule has 4 aromatic rings. The average molecular weight is 293 g/mol. The molecule has 0 unspecified atom stereocenters. The van der Waals surface area contributed by atoms with Crippen molar-refractivity contribution in [3.63, 3.8) is 0 Å². The fourth-order valence-electron chi connectivity index (χ4n) is 2.29. The third-order valence-corrected chi connectivity index (χ3v) is 4.28. The molecule has 0 fully saturated rings.